The van der Waals surface area contributed by atoms with Crippen LogP contribution >= 0.6 is 0 Å². The summed E-state index contributed by atoms with van der Waals surface area (Å²) in [6.45, 7) is 6.83. The van der Waals surface area contributed by atoms with Gasteiger partial charge in [0.1, 0.15) is 11.3 Å². The first kappa shape index (κ1) is 17.8. The van der Waals surface area contributed by atoms with Gasteiger partial charge in [0.05, 0.1) is 11.1 Å². The van der Waals surface area contributed by atoms with Crippen molar-refractivity contribution in [3.63, 3.8) is 0 Å². The average Bonchev–Trinajstić information content (AvgIpc) is 2.67. The predicted molar refractivity (Wildman–Crippen MR) is 108 cm³/mol. The molecule has 2 heterocycles. The number of benzene rings is 2. The summed E-state index contributed by atoms with van der Waals surface area (Å²) in [5, 5.41) is 11.4. The third-order valence-electron chi connectivity index (χ3n) is 5.73. The van der Waals surface area contributed by atoms with Crippen molar-refractivity contribution in [3.8, 4) is 16.9 Å². The summed E-state index contributed by atoms with van der Waals surface area (Å²) in [5.74, 6) is 0.937. The van der Waals surface area contributed by atoms with Gasteiger partial charge in [0, 0.05) is 11.9 Å². The van der Waals surface area contributed by atoms with E-state index >= 15 is 0 Å². The lowest BCUT2D eigenvalue weighted by atomic mass is 9.96. The number of rotatable bonds is 3. The van der Waals surface area contributed by atoms with Gasteiger partial charge in [0.25, 0.3) is 0 Å². The zero-order valence-electron chi connectivity index (χ0n) is 15.9. The quantitative estimate of drug-likeness (QED) is 0.685. The first-order chi connectivity index (χ1) is 13.0. The molecule has 0 radical (unpaired) electrons. The molecule has 1 N–H and O–H groups in total. The van der Waals surface area contributed by atoms with Gasteiger partial charge in [0.15, 0.2) is 0 Å². The topological polar surface area (TPSA) is 53.7 Å². The van der Waals surface area contributed by atoms with Crippen LogP contribution in [0.1, 0.15) is 30.9 Å². The summed E-state index contributed by atoms with van der Waals surface area (Å²) in [5.41, 5.74) is 3.20. The van der Waals surface area contributed by atoms with Crippen LogP contribution in [0.25, 0.3) is 22.1 Å². The number of fused-ring (bicyclic) bond motifs is 1. The molecule has 3 aromatic rings. The van der Waals surface area contributed by atoms with Crippen molar-refractivity contribution in [1.29, 1.82) is 0 Å². The molecule has 4 nitrogen and oxygen atoms in total. The molecular weight excluding hydrogens is 338 g/mol. The number of piperidine rings is 1. The van der Waals surface area contributed by atoms with Gasteiger partial charge < -0.3 is 9.52 Å². The first-order valence-electron chi connectivity index (χ1n) is 9.60. The van der Waals surface area contributed by atoms with Gasteiger partial charge in [-0.2, -0.15) is 0 Å². The van der Waals surface area contributed by atoms with Crippen molar-refractivity contribution in [1.82, 2.24) is 4.90 Å². The number of phenolic OH excluding ortho intramolecular Hbond substituents is 1. The van der Waals surface area contributed by atoms with Gasteiger partial charge in [-0.15, -0.1) is 0 Å². The van der Waals surface area contributed by atoms with Crippen molar-refractivity contribution < 1.29 is 9.52 Å². The molecule has 0 bridgehead atoms. The molecule has 27 heavy (non-hydrogen) atoms. The van der Waals surface area contributed by atoms with E-state index in [1.54, 1.807) is 6.07 Å². The highest BCUT2D eigenvalue weighted by Crippen LogP contribution is 2.33. The molecule has 0 atom stereocenters. The van der Waals surface area contributed by atoms with Crippen molar-refractivity contribution in [3.05, 3.63) is 64.0 Å². The van der Waals surface area contributed by atoms with Gasteiger partial charge in [-0.25, -0.2) is 4.79 Å². The van der Waals surface area contributed by atoms with Crippen molar-refractivity contribution in [2.75, 3.05) is 13.1 Å². The molecule has 0 saturated carbocycles. The number of nitrogens with zero attached hydrogens (tertiary/aromatic N) is 1. The van der Waals surface area contributed by atoms with E-state index in [0.717, 1.165) is 48.4 Å². The summed E-state index contributed by atoms with van der Waals surface area (Å²) in [6, 6.07) is 13.2. The molecule has 4 heteroatoms. The zero-order valence-corrected chi connectivity index (χ0v) is 15.9. The molecule has 1 aromatic heterocycles. The highest BCUT2D eigenvalue weighted by Gasteiger charge is 2.21. The van der Waals surface area contributed by atoms with E-state index in [1.165, 1.54) is 0 Å². The third kappa shape index (κ3) is 3.37. The molecule has 0 spiro atoms. The maximum Gasteiger partial charge on any atom is 0.344 e. The molecular formula is C23H25NO3. The lowest BCUT2D eigenvalue weighted by Gasteiger charge is -2.30. The van der Waals surface area contributed by atoms with Gasteiger partial charge in [-0.1, -0.05) is 37.3 Å². The fourth-order valence-electron chi connectivity index (χ4n) is 4.00. The fourth-order valence-corrected chi connectivity index (χ4v) is 4.00. The standard InChI is InChI=1S/C23H25NO3/c1-15-10-12-24(13-11-15)14-19-20(25)9-8-18-16(2)21(23(26)27-22(18)19)17-6-4-3-5-7-17/h3-9,15,25H,10-14H2,1-2H3. The Kier molecular flexibility index (Phi) is 4.75. The summed E-state index contributed by atoms with van der Waals surface area (Å²) in [6.07, 6.45) is 2.32. The Hall–Kier alpha value is -2.59. The Morgan fingerprint density at radius 2 is 1.81 bits per heavy atom. The first-order valence-corrected chi connectivity index (χ1v) is 9.60. The normalized spacial score (nSPS) is 16.1. The maximum absolute atomic E-state index is 12.8. The predicted octanol–water partition coefficient (Wildman–Crippen LogP) is 4.71. The Morgan fingerprint density at radius 3 is 2.52 bits per heavy atom. The van der Waals surface area contributed by atoms with Crippen LogP contribution in [0.5, 0.6) is 5.75 Å². The lowest BCUT2D eigenvalue weighted by Crippen LogP contribution is -2.32. The van der Waals surface area contributed by atoms with Crippen LogP contribution in [-0.2, 0) is 6.54 Å². The van der Waals surface area contributed by atoms with Gasteiger partial charge in [0.2, 0.25) is 0 Å². The molecule has 140 valence electrons. The molecule has 0 amide bonds. The van der Waals surface area contributed by atoms with E-state index in [4.69, 9.17) is 4.42 Å². The molecule has 4 rings (SSSR count). The van der Waals surface area contributed by atoms with E-state index < -0.39 is 0 Å². The SMILES string of the molecule is Cc1c(-c2ccccc2)c(=O)oc2c(CN3CCC(C)CC3)c(O)ccc12. The van der Waals surface area contributed by atoms with Gasteiger partial charge in [-0.3, -0.25) is 4.90 Å². The monoisotopic (exact) mass is 363 g/mol. The number of hydrogen-bond acceptors (Lipinski definition) is 4. The summed E-state index contributed by atoms with van der Waals surface area (Å²) >= 11 is 0. The largest absolute Gasteiger partial charge is 0.507 e. The number of likely N-dealkylation sites (tertiary alicyclic amines) is 1. The smallest absolute Gasteiger partial charge is 0.344 e. The van der Waals surface area contributed by atoms with Crippen LogP contribution in [0.2, 0.25) is 0 Å². The van der Waals surface area contributed by atoms with E-state index in [2.05, 4.69) is 11.8 Å². The minimum Gasteiger partial charge on any atom is -0.507 e. The van der Waals surface area contributed by atoms with Gasteiger partial charge >= 0.3 is 5.63 Å². The number of hydrogen-bond donors (Lipinski definition) is 1. The minimum atomic E-state index is -0.356. The molecule has 1 aliphatic heterocycles. The molecule has 1 aliphatic rings. The van der Waals surface area contributed by atoms with Crippen molar-refractivity contribution in [2.45, 2.75) is 33.2 Å². The second-order valence-corrected chi connectivity index (χ2v) is 7.65. The molecule has 1 saturated heterocycles. The van der Waals surface area contributed by atoms with E-state index in [-0.39, 0.29) is 11.4 Å². The number of phenols is 1. The molecule has 0 aliphatic carbocycles. The second kappa shape index (κ2) is 7.20. The second-order valence-electron chi connectivity index (χ2n) is 7.65. The Balaban J connectivity index is 1.82. The maximum atomic E-state index is 12.8. The van der Waals surface area contributed by atoms with Crippen LogP contribution < -0.4 is 5.63 Å². The number of aryl methyl sites for hydroxylation is 1. The summed E-state index contributed by atoms with van der Waals surface area (Å²) < 4.78 is 5.76. The van der Waals surface area contributed by atoms with Crippen molar-refractivity contribution >= 4 is 11.0 Å². The lowest BCUT2D eigenvalue weighted by molar-refractivity contribution is 0.183. The van der Waals surface area contributed by atoms with Crippen LogP contribution in [0.3, 0.4) is 0 Å². The minimum absolute atomic E-state index is 0.191. The highest BCUT2D eigenvalue weighted by atomic mass is 16.4. The number of aromatic hydroxyl groups is 1. The Labute approximate surface area is 159 Å². The zero-order chi connectivity index (χ0) is 19.0. The van der Waals surface area contributed by atoms with Crippen molar-refractivity contribution in [2.24, 2.45) is 5.92 Å². The average molecular weight is 363 g/mol. The summed E-state index contributed by atoms with van der Waals surface area (Å²) in [4.78, 5) is 15.1. The van der Waals surface area contributed by atoms with E-state index in [9.17, 15) is 9.90 Å². The van der Waals surface area contributed by atoms with Gasteiger partial charge in [-0.05, 0) is 62.0 Å². The highest BCUT2D eigenvalue weighted by molar-refractivity contribution is 5.89. The van der Waals surface area contributed by atoms with Crippen LogP contribution in [0, 0.1) is 12.8 Å². The Bertz CT molecular complexity index is 1020. The molecule has 2 aromatic carbocycles. The van der Waals surface area contributed by atoms with E-state index in [1.807, 2.05) is 43.3 Å². The Morgan fingerprint density at radius 1 is 1.11 bits per heavy atom. The third-order valence-corrected chi connectivity index (χ3v) is 5.73. The van der Waals surface area contributed by atoms with Crippen LogP contribution in [0.15, 0.2) is 51.7 Å². The van der Waals surface area contributed by atoms with Crippen LogP contribution in [0.4, 0.5) is 0 Å². The van der Waals surface area contributed by atoms with Crippen LogP contribution in [-0.4, -0.2) is 23.1 Å². The molecule has 1 fully saturated rings. The molecule has 0 unspecified atom stereocenters. The summed E-state index contributed by atoms with van der Waals surface area (Å²) in [7, 11) is 0. The fraction of sp³-hybridized carbons (Fsp3) is 0.348. The van der Waals surface area contributed by atoms with E-state index in [0.29, 0.717) is 23.3 Å².